The van der Waals surface area contributed by atoms with E-state index in [2.05, 4.69) is 4.72 Å². The number of hydrogen-bond donors (Lipinski definition) is 2. The molecule has 0 radical (unpaired) electrons. The molecule has 0 aliphatic carbocycles. The van der Waals surface area contributed by atoms with Crippen molar-refractivity contribution in [3.8, 4) is 0 Å². The lowest BCUT2D eigenvalue weighted by Gasteiger charge is -2.22. The van der Waals surface area contributed by atoms with Crippen molar-refractivity contribution in [3.63, 3.8) is 0 Å². The zero-order chi connectivity index (χ0) is 14.5. The van der Waals surface area contributed by atoms with Crippen LogP contribution in [0.25, 0.3) is 0 Å². The van der Waals surface area contributed by atoms with Crippen LogP contribution < -0.4 is 4.72 Å². The van der Waals surface area contributed by atoms with Crippen LogP contribution in [0.15, 0.2) is 24.3 Å². The molecule has 2 N–H and O–H groups in total. The van der Waals surface area contributed by atoms with Crippen molar-refractivity contribution >= 4 is 21.8 Å². The maximum atomic E-state index is 11.9. The van der Waals surface area contributed by atoms with E-state index in [1.54, 1.807) is 13.0 Å². The van der Waals surface area contributed by atoms with E-state index in [1.165, 1.54) is 11.8 Å². The smallest absolute Gasteiger partial charge is 0.215 e. The van der Waals surface area contributed by atoms with Crippen LogP contribution in [0, 0.1) is 6.92 Å². The van der Waals surface area contributed by atoms with Gasteiger partial charge in [-0.2, -0.15) is 11.8 Å². The van der Waals surface area contributed by atoms with Gasteiger partial charge in [-0.05, 0) is 25.7 Å². The summed E-state index contributed by atoms with van der Waals surface area (Å²) in [7, 11) is -3.42. The summed E-state index contributed by atoms with van der Waals surface area (Å²) in [4.78, 5) is 0. The number of aryl methyl sites for hydroxylation is 1. The average molecular weight is 303 g/mol. The molecule has 1 atom stereocenters. The van der Waals surface area contributed by atoms with Gasteiger partial charge in [-0.3, -0.25) is 0 Å². The minimum absolute atomic E-state index is 0.0298. The van der Waals surface area contributed by atoms with E-state index in [-0.39, 0.29) is 12.3 Å². The summed E-state index contributed by atoms with van der Waals surface area (Å²) in [6.45, 7) is 3.58. The van der Waals surface area contributed by atoms with Gasteiger partial charge in [-0.1, -0.05) is 29.8 Å². The van der Waals surface area contributed by atoms with Crippen molar-refractivity contribution in [1.29, 1.82) is 0 Å². The molecule has 108 valence electrons. The second-order valence-electron chi connectivity index (χ2n) is 5.00. The molecular weight excluding hydrogens is 282 g/mol. The lowest BCUT2D eigenvalue weighted by atomic mass is 10.1. The minimum atomic E-state index is -3.42. The molecule has 1 unspecified atom stereocenters. The molecule has 6 heteroatoms. The molecule has 0 amide bonds. The highest BCUT2D eigenvalue weighted by molar-refractivity contribution is 7.98. The third kappa shape index (κ3) is 6.42. The molecule has 1 aromatic rings. The Morgan fingerprint density at radius 3 is 2.68 bits per heavy atom. The molecule has 0 aliphatic rings. The van der Waals surface area contributed by atoms with Crippen molar-refractivity contribution in [2.45, 2.75) is 25.2 Å². The largest absolute Gasteiger partial charge is 0.388 e. The summed E-state index contributed by atoms with van der Waals surface area (Å²) in [6, 6.07) is 7.39. The van der Waals surface area contributed by atoms with Gasteiger partial charge in [0.1, 0.15) is 0 Å². The maximum Gasteiger partial charge on any atom is 0.215 e. The lowest BCUT2D eigenvalue weighted by molar-refractivity contribution is 0.0908. The van der Waals surface area contributed by atoms with Gasteiger partial charge in [0.2, 0.25) is 10.0 Å². The lowest BCUT2D eigenvalue weighted by Crippen LogP contribution is -2.42. The number of benzene rings is 1. The fraction of sp³-hybridized carbons (Fsp3) is 0.538. The molecular formula is C13H21NO3S2. The highest BCUT2D eigenvalue weighted by Crippen LogP contribution is 2.11. The fourth-order valence-electron chi connectivity index (χ4n) is 1.70. The molecule has 0 saturated heterocycles. The van der Waals surface area contributed by atoms with Gasteiger partial charge in [-0.25, -0.2) is 13.1 Å². The Labute approximate surface area is 119 Å². The highest BCUT2D eigenvalue weighted by Gasteiger charge is 2.22. The molecule has 1 rings (SSSR count). The predicted octanol–water partition coefficient (Wildman–Crippen LogP) is 1.53. The van der Waals surface area contributed by atoms with Gasteiger partial charge in [-0.15, -0.1) is 0 Å². The Morgan fingerprint density at radius 2 is 2.11 bits per heavy atom. The Bertz CT molecular complexity index is 512. The summed E-state index contributed by atoms with van der Waals surface area (Å²) in [5.41, 5.74) is 0.748. The molecule has 0 aliphatic heterocycles. The summed E-state index contributed by atoms with van der Waals surface area (Å²) >= 11 is 1.48. The van der Waals surface area contributed by atoms with Crippen LogP contribution in [0.5, 0.6) is 0 Å². The Morgan fingerprint density at radius 1 is 1.42 bits per heavy atom. The SMILES string of the molecule is CSCC(C)(O)CNS(=O)(=O)Cc1cccc(C)c1. The molecule has 1 aromatic carbocycles. The first kappa shape index (κ1) is 16.5. The van der Waals surface area contributed by atoms with Crippen molar-refractivity contribution < 1.29 is 13.5 Å². The average Bonchev–Trinajstić information content (AvgIpc) is 2.26. The third-order valence-corrected chi connectivity index (χ3v) is 4.78. The number of sulfonamides is 1. The molecule has 0 bridgehead atoms. The van der Waals surface area contributed by atoms with Crippen molar-refractivity contribution in [2.75, 3.05) is 18.6 Å². The second-order valence-corrected chi connectivity index (χ2v) is 7.67. The van der Waals surface area contributed by atoms with Gasteiger partial charge in [0.15, 0.2) is 0 Å². The predicted molar refractivity (Wildman–Crippen MR) is 80.8 cm³/mol. The number of rotatable bonds is 7. The van der Waals surface area contributed by atoms with Crippen molar-refractivity contribution in [3.05, 3.63) is 35.4 Å². The van der Waals surface area contributed by atoms with Crippen molar-refractivity contribution in [1.82, 2.24) is 4.72 Å². The summed E-state index contributed by atoms with van der Waals surface area (Å²) in [5, 5.41) is 9.94. The first-order valence-corrected chi connectivity index (χ1v) is 9.03. The van der Waals surface area contributed by atoms with Gasteiger partial charge in [0.05, 0.1) is 11.4 Å². The van der Waals surface area contributed by atoms with E-state index in [9.17, 15) is 13.5 Å². The molecule has 4 nitrogen and oxygen atoms in total. The van der Waals surface area contributed by atoms with Gasteiger partial charge < -0.3 is 5.11 Å². The van der Waals surface area contributed by atoms with Crippen LogP contribution >= 0.6 is 11.8 Å². The van der Waals surface area contributed by atoms with Crippen LogP contribution in [-0.2, 0) is 15.8 Å². The molecule has 0 aromatic heterocycles. The molecule has 0 fully saturated rings. The number of thioether (sulfide) groups is 1. The number of nitrogens with one attached hydrogen (secondary N) is 1. The summed E-state index contributed by atoms with van der Waals surface area (Å²) < 4.78 is 26.3. The Kier molecular flexibility index (Phi) is 5.85. The van der Waals surface area contributed by atoms with Gasteiger partial charge in [0, 0.05) is 12.3 Å². The topological polar surface area (TPSA) is 66.4 Å². The zero-order valence-electron chi connectivity index (χ0n) is 11.5. The van der Waals surface area contributed by atoms with E-state index in [1.807, 2.05) is 31.4 Å². The van der Waals surface area contributed by atoms with E-state index in [0.717, 1.165) is 11.1 Å². The number of aliphatic hydroxyl groups is 1. The fourth-order valence-corrected chi connectivity index (χ4v) is 3.68. The van der Waals surface area contributed by atoms with Crippen LogP contribution in [0.2, 0.25) is 0 Å². The quantitative estimate of drug-likeness (QED) is 0.801. The van der Waals surface area contributed by atoms with Crippen LogP contribution in [0.3, 0.4) is 0 Å². The van der Waals surface area contributed by atoms with Crippen LogP contribution in [-0.4, -0.2) is 37.7 Å². The van der Waals surface area contributed by atoms with Gasteiger partial charge in [0.25, 0.3) is 0 Å². The normalized spacial score (nSPS) is 15.2. The van der Waals surface area contributed by atoms with E-state index < -0.39 is 15.6 Å². The summed E-state index contributed by atoms with van der Waals surface area (Å²) in [5.74, 6) is 0.421. The molecule has 19 heavy (non-hydrogen) atoms. The molecule has 0 saturated carbocycles. The second kappa shape index (κ2) is 6.74. The van der Waals surface area contributed by atoms with Gasteiger partial charge >= 0.3 is 0 Å². The Balaban J connectivity index is 2.62. The van der Waals surface area contributed by atoms with E-state index >= 15 is 0 Å². The minimum Gasteiger partial charge on any atom is -0.388 e. The van der Waals surface area contributed by atoms with Crippen LogP contribution in [0.4, 0.5) is 0 Å². The summed E-state index contributed by atoms with van der Waals surface area (Å²) in [6.07, 6.45) is 1.87. The maximum absolute atomic E-state index is 11.9. The van der Waals surface area contributed by atoms with E-state index in [0.29, 0.717) is 5.75 Å². The first-order chi connectivity index (χ1) is 8.74. The first-order valence-electron chi connectivity index (χ1n) is 5.98. The standard InChI is InChI=1S/C13H21NO3S2/c1-11-5-4-6-12(7-11)8-19(16,17)14-9-13(2,15)10-18-3/h4-7,14-15H,8-10H2,1-3H3. The van der Waals surface area contributed by atoms with Crippen molar-refractivity contribution in [2.24, 2.45) is 0 Å². The highest BCUT2D eigenvalue weighted by atomic mass is 32.2. The molecule has 0 spiro atoms. The third-order valence-electron chi connectivity index (χ3n) is 2.57. The Hall–Kier alpha value is -0.560. The number of hydrogen-bond acceptors (Lipinski definition) is 4. The monoisotopic (exact) mass is 303 g/mol. The zero-order valence-corrected chi connectivity index (χ0v) is 13.1. The van der Waals surface area contributed by atoms with Crippen LogP contribution in [0.1, 0.15) is 18.1 Å². The van der Waals surface area contributed by atoms with E-state index in [4.69, 9.17) is 0 Å². The molecule has 0 heterocycles.